The number of hydrogen-bond donors (Lipinski definition) is 2. The van der Waals surface area contributed by atoms with Crippen molar-refractivity contribution in [2.45, 2.75) is 38.0 Å². The Morgan fingerprint density at radius 3 is 2.46 bits per heavy atom. The first-order chi connectivity index (χ1) is 12.2. The van der Waals surface area contributed by atoms with Crippen LogP contribution in [0.3, 0.4) is 0 Å². The molecule has 1 aliphatic carbocycles. The molecule has 6 nitrogen and oxygen atoms in total. The molecule has 0 unspecified atom stereocenters. The minimum absolute atomic E-state index is 0.0256. The maximum Gasteiger partial charge on any atom is 0.262 e. The first-order valence-corrected chi connectivity index (χ1v) is 10.6. The number of nitrogens with one attached hydrogen (secondary N) is 1. The maximum atomic E-state index is 12.7. The summed E-state index contributed by atoms with van der Waals surface area (Å²) < 4.78 is 27.9. The predicted octanol–water partition coefficient (Wildman–Crippen LogP) is 2.98. The molecule has 26 heavy (non-hydrogen) atoms. The molecule has 0 spiro atoms. The van der Waals surface area contributed by atoms with E-state index in [2.05, 4.69) is 11.6 Å². The normalized spacial score (nSPS) is 16.8. The van der Waals surface area contributed by atoms with Crippen molar-refractivity contribution >= 4 is 38.1 Å². The van der Waals surface area contributed by atoms with Gasteiger partial charge in [-0.3, -0.25) is 14.3 Å². The third-order valence-corrected chi connectivity index (χ3v) is 7.22. The number of amides is 1. The van der Waals surface area contributed by atoms with Crippen molar-refractivity contribution in [3.05, 3.63) is 45.8 Å². The molecule has 3 N–H and O–H groups in total. The third kappa shape index (κ3) is 3.52. The van der Waals surface area contributed by atoms with E-state index in [1.54, 1.807) is 0 Å². The number of Topliss-reactive ketones (excluding diaryl/α,β-unsaturated/α-hetero) is 1. The van der Waals surface area contributed by atoms with E-state index in [1.807, 2.05) is 0 Å². The molecule has 0 radical (unpaired) electrons. The van der Waals surface area contributed by atoms with Crippen LogP contribution in [0.4, 0.5) is 5.00 Å². The zero-order valence-corrected chi connectivity index (χ0v) is 16.2. The molecule has 0 saturated heterocycles. The van der Waals surface area contributed by atoms with Gasteiger partial charge in [-0.1, -0.05) is 19.1 Å². The van der Waals surface area contributed by atoms with E-state index in [0.717, 1.165) is 29.7 Å². The quantitative estimate of drug-likeness (QED) is 0.763. The van der Waals surface area contributed by atoms with Crippen molar-refractivity contribution in [3.8, 4) is 0 Å². The molecule has 8 heteroatoms. The van der Waals surface area contributed by atoms with E-state index in [4.69, 9.17) is 5.73 Å². The average molecular weight is 393 g/mol. The number of anilines is 1. The zero-order valence-electron chi connectivity index (χ0n) is 14.5. The second kappa shape index (κ2) is 6.85. The summed E-state index contributed by atoms with van der Waals surface area (Å²) in [6, 6.07) is 5.68. The first kappa shape index (κ1) is 18.6. The van der Waals surface area contributed by atoms with Crippen molar-refractivity contribution < 1.29 is 18.0 Å². The lowest BCUT2D eigenvalue weighted by molar-refractivity contribution is 0.0996. The number of hydrogen-bond acceptors (Lipinski definition) is 5. The van der Waals surface area contributed by atoms with Gasteiger partial charge in [-0.15, -0.1) is 11.3 Å². The van der Waals surface area contributed by atoms with E-state index in [1.165, 1.54) is 42.5 Å². The lowest BCUT2D eigenvalue weighted by Crippen LogP contribution is -2.19. The highest BCUT2D eigenvalue weighted by Crippen LogP contribution is 2.40. The number of benzene rings is 1. The average Bonchev–Trinajstić information content (AvgIpc) is 2.91. The van der Waals surface area contributed by atoms with Crippen molar-refractivity contribution in [1.29, 1.82) is 0 Å². The maximum absolute atomic E-state index is 12.7. The van der Waals surface area contributed by atoms with Crippen molar-refractivity contribution in [1.82, 2.24) is 0 Å². The molecule has 1 heterocycles. The van der Waals surface area contributed by atoms with E-state index in [0.29, 0.717) is 11.5 Å². The van der Waals surface area contributed by atoms with Gasteiger partial charge < -0.3 is 5.73 Å². The largest absolute Gasteiger partial charge is 0.365 e. The van der Waals surface area contributed by atoms with Crippen LogP contribution in [0, 0.1) is 5.92 Å². The highest BCUT2D eigenvalue weighted by molar-refractivity contribution is 7.93. The SMILES string of the molecule is CC(=O)c1ccc(S(=O)(=O)Nc2sc3c(c2C(N)=O)CC[C@@H](C)C3)cc1. The van der Waals surface area contributed by atoms with Crippen LogP contribution in [0.2, 0.25) is 0 Å². The summed E-state index contributed by atoms with van der Waals surface area (Å²) in [4.78, 5) is 24.3. The Bertz CT molecular complexity index is 975. The molecule has 3 rings (SSSR count). The summed E-state index contributed by atoms with van der Waals surface area (Å²) in [5, 5.41) is 0.271. The molecule has 0 bridgehead atoms. The zero-order chi connectivity index (χ0) is 19.1. The molecule has 1 aliphatic rings. The summed E-state index contributed by atoms with van der Waals surface area (Å²) in [5.41, 5.74) is 7.10. The fraction of sp³-hybridized carbons (Fsp3) is 0.333. The minimum Gasteiger partial charge on any atom is -0.365 e. The molecule has 0 fully saturated rings. The number of nitrogens with two attached hydrogens (primary N) is 1. The van der Waals surface area contributed by atoms with Crippen LogP contribution in [0.5, 0.6) is 0 Å². The van der Waals surface area contributed by atoms with Gasteiger partial charge in [0.25, 0.3) is 15.9 Å². The summed E-state index contributed by atoms with van der Waals surface area (Å²) in [7, 11) is -3.88. The van der Waals surface area contributed by atoms with Gasteiger partial charge in [-0.05, 0) is 49.8 Å². The van der Waals surface area contributed by atoms with Gasteiger partial charge in [0.15, 0.2) is 5.78 Å². The monoisotopic (exact) mass is 392 g/mol. The molecule has 138 valence electrons. The molecule has 1 aromatic heterocycles. The molecule has 1 amide bonds. The second-order valence-electron chi connectivity index (χ2n) is 6.61. The van der Waals surface area contributed by atoms with Gasteiger partial charge in [0, 0.05) is 10.4 Å². The molecule has 1 aromatic carbocycles. The lowest BCUT2D eigenvalue weighted by atomic mass is 9.88. The van der Waals surface area contributed by atoms with E-state index >= 15 is 0 Å². The van der Waals surface area contributed by atoms with E-state index in [-0.39, 0.29) is 21.2 Å². The van der Waals surface area contributed by atoms with Crippen LogP contribution < -0.4 is 10.5 Å². The Balaban J connectivity index is 1.97. The molecule has 0 saturated carbocycles. The number of carbonyl (C=O) groups excluding carboxylic acids is 2. The van der Waals surface area contributed by atoms with Gasteiger partial charge >= 0.3 is 0 Å². The Kier molecular flexibility index (Phi) is 4.90. The fourth-order valence-corrected chi connectivity index (χ4v) is 5.85. The smallest absolute Gasteiger partial charge is 0.262 e. The minimum atomic E-state index is -3.88. The van der Waals surface area contributed by atoms with Crippen LogP contribution in [-0.4, -0.2) is 20.1 Å². The lowest BCUT2D eigenvalue weighted by Gasteiger charge is -2.18. The van der Waals surface area contributed by atoms with Gasteiger partial charge in [0.2, 0.25) is 0 Å². The van der Waals surface area contributed by atoms with Crippen LogP contribution in [0.25, 0.3) is 0 Å². The van der Waals surface area contributed by atoms with Gasteiger partial charge in [0.05, 0.1) is 10.5 Å². The molecular weight excluding hydrogens is 372 g/mol. The fourth-order valence-electron chi connectivity index (χ4n) is 3.13. The summed E-state index contributed by atoms with van der Waals surface area (Å²) in [6.45, 7) is 3.55. The number of thiophene rings is 1. The summed E-state index contributed by atoms with van der Waals surface area (Å²) in [5.74, 6) is -0.273. The highest BCUT2D eigenvalue weighted by atomic mass is 32.2. The van der Waals surface area contributed by atoms with Crippen molar-refractivity contribution in [2.75, 3.05) is 4.72 Å². The summed E-state index contributed by atoms with van der Waals surface area (Å²) in [6.07, 6.45) is 2.48. The second-order valence-corrected chi connectivity index (χ2v) is 9.39. The summed E-state index contributed by atoms with van der Waals surface area (Å²) >= 11 is 1.28. The number of sulfonamides is 1. The van der Waals surface area contributed by atoms with Crippen LogP contribution in [0.1, 0.15) is 51.4 Å². The Morgan fingerprint density at radius 2 is 1.88 bits per heavy atom. The van der Waals surface area contributed by atoms with Gasteiger partial charge in [0.1, 0.15) is 5.00 Å². The van der Waals surface area contributed by atoms with Crippen molar-refractivity contribution in [2.24, 2.45) is 11.7 Å². The standard InChI is InChI=1S/C18H20N2O4S2/c1-10-3-8-14-15(9-10)25-18(16(14)17(19)22)20-26(23,24)13-6-4-12(5-7-13)11(2)21/h4-7,10,20H,3,8-9H2,1-2H3,(H2,19,22)/t10-/m1/s1. The number of fused-ring (bicyclic) bond motifs is 1. The molecule has 0 aliphatic heterocycles. The Labute approximate surface area is 156 Å². The van der Waals surface area contributed by atoms with E-state index < -0.39 is 15.9 Å². The van der Waals surface area contributed by atoms with Crippen LogP contribution in [0.15, 0.2) is 29.2 Å². The number of ketones is 1. The van der Waals surface area contributed by atoms with E-state index in [9.17, 15) is 18.0 Å². The number of rotatable bonds is 5. The Morgan fingerprint density at radius 1 is 1.23 bits per heavy atom. The van der Waals surface area contributed by atoms with Gasteiger partial charge in [-0.25, -0.2) is 8.42 Å². The van der Waals surface area contributed by atoms with Crippen molar-refractivity contribution in [3.63, 3.8) is 0 Å². The van der Waals surface area contributed by atoms with Crippen LogP contribution in [-0.2, 0) is 22.9 Å². The van der Waals surface area contributed by atoms with Crippen LogP contribution >= 0.6 is 11.3 Å². The Hall–Kier alpha value is -2.19. The molecular formula is C18H20N2O4S2. The topological polar surface area (TPSA) is 106 Å². The predicted molar refractivity (Wildman–Crippen MR) is 101 cm³/mol. The third-order valence-electron chi connectivity index (χ3n) is 4.56. The first-order valence-electron chi connectivity index (χ1n) is 8.27. The molecule has 2 aromatic rings. The molecule has 1 atom stereocenters. The highest BCUT2D eigenvalue weighted by Gasteiger charge is 2.28. The van der Waals surface area contributed by atoms with Gasteiger partial charge in [-0.2, -0.15) is 0 Å². The number of primary amides is 1. The number of carbonyl (C=O) groups is 2.